The van der Waals surface area contributed by atoms with Gasteiger partial charge in [-0.3, -0.25) is 4.79 Å². The predicted molar refractivity (Wildman–Crippen MR) is 53.5 cm³/mol. The molecule has 0 aliphatic heterocycles. The van der Waals surface area contributed by atoms with Crippen LogP contribution >= 0.6 is 11.6 Å². The molecule has 1 rings (SSSR count). The summed E-state index contributed by atoms with van der Waals surface area (Å²) in [5.74, 6) is -0.888. The lowest BCUT2D eigenvalue weighted by Crippen LogP contribution is -2.19. The van der Waals surface area contributed by atoms with Gasteiger partial charge in [0.1, 0.15) is 11.9 Å². The van der Waals surface area contributed by atoms with Gasteiger partial charge in [-0.15, -0.1) is 11.6 Å². The zero-order valence-corrected chi connectivity index (χ0v) is 8.49. The molecule has 2 unspecified atom stereocenters. The number of aldehydes is 1. The van der Waals surface area contributed by atoms with Crippen molar-refractivity contribution in [3.63, 3.8) is 0 Å². The van der Waals surface area contributed by atoms with E-state index in [0.717, 1.165) is 6.07 Å². The number of carbonyl (C=O) groups excluding carboxylic acids is 1. The minimum Gasteiger partial charge on any atom is -0.389 e. The molecule has 2 N–H and O–H groups in total. The van der Waals surface area contributed by atoms with Crippen LogP contribution in [0.3, 0.4) is 0 Å². The third kappa shape index (κ3) is 2.75. The average molecular weight is 233 g/mol. The number of aliphatic hydroxyl groups is 2. The van der Waals surface area contributed by atoms with E-state index in [-0.39, 0.29) is 17.0 Å². The summed E-state index contributed by atoms with van der Waals surface area (Å²) in [7, 11) is 0. The van der Waals surface area contributed by atoms with Crippen molar-refractivity contribution in [2.45, 2.75) is 12.2 Å². The number of halogens is 2. The number of benzene rings is 1. The lowest BCUT2D eigenvalue weighted by atomic mass is 10.0. The van der Waals surface area contributed by atoms with E-state index in [1.807, 2.05) is 0 Å². The number of alkyl halides is 1. The fraction of sp³-hybridized carbons (Fsp3) is 0.300. The lowest BCUT2D eigenvalue weighted by Gasteiger charge is -2.15. The van der Waals surface area contributed by atoms with Gasteiger partial charge in [-0.1, -0.05) is 6.07 Å². The molecule has 3 nitrogen and oxygen atoms in total. The number of carbonyl (C=O) groups is 1. The van der Waals surface area contributed by atoms with Gasteiger partial charge < -0.3 is 10.2 Å². The maximum absolute atomic E-state index is 13.1. The van der Waals surface area contributed by atoms with Crippen LogP contribution < -0.4 is 0 Å². The van der Waals surface area contributed by atoms with Crippen LogP contribution in [0, 0.1) is 5.82 Å². The zero-order chi connectivity index (χ0) is 11.4. The van der Waals surface area contributed by atoms with Crippen LogP contribution in [-0.4, -0.2) is 28.5 Å². The van der Waals surface area contributed by atoms with E-state index in [0.29, 0.717) is 6.29 Å². The second kappa shape index (κ2) is 5.21. The van der Waals surface area contributed by atoms with Crippen molar-refractivity contribution in [2.75, 3.05) is 5.88 Å². The fourth-order valence-electron chi connectivity index (χ4n) is 1.13. The van der Waals surface area contributed by atoms with Crippen molar-refractivity contribution >= 4 is 17.9 Å². The Morgan fingerprint density at radius 2 is 2.13 bits per heavy atom. The van der Waals surface area contributed by atoms with Crippen LogP contribution in [0.15, 0.2) is 18.2 Å². The molecule has 1 aromatic rings. The van der Waals surface area contributed by atoms with Gasteiger partial charge in [0, 0.05) is 0 Å². The Bertz CT molecular complexity index is 357. The number of hydrogen-bond donors (Lipinski definition) is 2. The molecule has 0 bridgehead atoms. The van der Waals surface area contributed by atoms with Gasteiger partial charge in [0.15, 0.2) is 6.29 Å². The molecule has 0 saturated carbocycles. The molecular formula is C10H10ClFO3. The Labute approximate surface area is 91.1 Å². The molecule has 15 heavy (non-hydrogen) atoms. The third-order valence-electron chi connectivity index (χ3n) is 2.02. The Morgan fingerprint density at radius 3 is 2.60 bits per heavy atom. The summed E-state index contributed by atoms with van der Waals surface area (Å²) in [6, 6.07) is 3.61. The summed E-state index contributed by atoms with van der Waals surface area (Å²) in [6.45, 7) is 0. The maximum Gasteiger partial charge on any atom is 0.152 e. The molecule has 0 aromatic heterocycles. The Kier molecular flexibility index (Phi) is 4.20. The standard InChI is InChI=1S/C10H10ClFO3/c11-4-9(14)10(15)6-1-2-7(5-13)8(12)3-6/h1-3,5,9-10,14-15H,4H2. The highest BCUT2D eigenvalue weighted by molar-refractivity contribution is 6.18. The molecule has 0 radical (unpaired) electrons. The van der Waals surface area contributed by atoms with Crippen molar-refractivity contribution in [1.29, 1.82) is 0 Å². The van der Waals surface area contributed by atoms with Gasteiger partial charge >= 0.3 is 0 Å². The highest BCUT2D eigenvalue weighted by Gasteiger charge is 2.18. The number of rotatable bonds is 4. The smallest absolute Gasteiger partial charge is 0.152 e. The largest absolute Gasteiger partial charge is 0.389 e. The highest BCUT2D eigenvalue weighted by atomic mass is 35.5. The molecule has 0 aliphatic carbocycles. The molecule has 82 valence electrons. The Morgan fingerprint density at radius 1 is 1.47 bits per heavy atom. The summed E-state index contributed by atoms with van der Waals surface area (Å²) in [5.41, 5.74) is 0.0950. The van der Waals surface area contributed by atoms with Crippen molar-refractivity contribution in [2.24, 2.45) is 0 Å². The first kappa shape index (κ1) is 12.1. The third-order valence-corrected chi connectivity index (χ3v) is 2.33. The second-order valence-corrected chi connectivity index (χ2v) is 3.37. The fourth-order valence-corrected chi connectivity index (χ4v) is 1.30. The molecule has 5 heteroatoms. The first-order chi connectivity index (χ1) is 7.10. The topological polar surface area (TPSA) is 57.5 Å². The molecule has 2 atom stereocenters. The van der Waals surface area contributed by atoms with Gasteiger partial charge in [0.25, 0.3) is 0 Å². The van der Waals surface area contributed by atoms with Crippen molar-refractivity contribution in [3.05, 3.63) is 35.1 Å². The number of hydrogen-bond acceptors (Lipinski definition) is 3. The van der Waals surface area contributed by atoms with Crippen LogP contribution in [0.5, 0.6) is 0 Å². The first-order valence-corrected chi connectivity index (χ1v) is 4.80. The van der Waals surface area contributed by atoms with E-state index < -0.39 is 18.0 Å². The van der Waals surface area contributed by atoms with Crippen LogP contribution in [0.2, 0.25) is 0 Å². The predicted octanol–water partition coefficient (Wildman–Crippen LogP) is 1.27. The van der Waals surface area contributed by atoms with E-state index in [2.05, 4.69) is 0 Å². The Hall–Kier alpha value is -0.970. The van der Waals surface area contributed by atoms with Crippen molar-refractivity contribution in [1.82, 2.24) is 0 Å². The van der Waals surface area contributed by atoms with Gasteiger partial charge in [0.05, 0.1) is 17.5 Å². The summed E-state index contributed by atoms with van der Waals surface area (Å²) in [4.78, 5) is 10.3. The Balaban J connectivity index is 2.96. The molecule has 0 fully saturated rings. The molecule has 0 saturated heterocycles. The minimum atomic E-state index is -1.25. The SMILES string of the molecule is O=Cc1ccc(C(O)C(O)CCl)cc1F. The molecule has 0 spiro atoms. The van der Waals surface area contributed by atoms with E-state index >= 15 is 0 Å². The monoisotopic (exact) mass is 232 g/mol. The quantitative estimate of drug-likeness (QED) is 0.607. The molecule has 0 heterocycles. The summed E-state index contributed by atoms with van der Waals surface area (Å²) < 4.78 is 13.1. The molecule has 0 amide bonds. The maximum atomic E-state index is 13.1. The van der Waals surface area contributed by atoms with E-state index in [9.17, 15) is 19.4 Å². The van der Waals surface area contributed by atoms with Gasteiger partial charge in [-0.05, 0) is 17.7 Å². The molecule has 1 aromatic carbocycles. The number of aliphatic hydroxyl groups excluding tert-OH is 2. The van der Waals surface area contributed by atoms with Crippen LogP contribution in [0.25, 0.3) is 0 Å². The minimum absolute atomic E-state index is 0.0914. The van der Waals surface area contributed by atoms with Gasteiger partial charge in [-0.25, -0.2) is 4.39 Å². The summed E-state index contributed by atoms with van der Waals surface area (Å²) >= 11 is 5.34. The van der Waals surface area contributed by atoms with E-state index in [1.165, 1.54) is 12.1 Å². The molecule has 0 aliphatic rings. The van der Waals surface area contributed by atoms with E-state index in [1.54, 1.807) is 0 Å². The van der Waals surface area contributed by atoms with Crippen molar-refractivity contribution < 1.29 is 19.4 Å². The molecular weight excluding hydrogens is 223 g/mol. The van der Waals surface area contributed by atoms with Crippen molar-refractivity contribution in [3.8, 4) is 0 Å². The average Bonchev–Trinajstić information content (AvgIpc) is 2.26. The summed E-state index contributed by atoms with van der Waals surface area (Å²) in [5, 5.41) is 18.7. The first-order valence-electron chi connectivity index (χ1n) is 4.27. The second-order valence-electron chi connectivity index (χ2n) is 3.07. The van der Waals surface area contributed by atoms with Crippen LogP contribution in [0.4, 0.5) is 4.39 Å². The zero-order valence-electron chi connectivity index (χ0n) is 7.73. The lowest BCUT2D eigenvalue weighted by molar-refractivity contribution is 0.0325. The normalized spacial score (nSPS) is 14.7. The van der Waals surface area contributed by atoms with Crippen LogP contribution in [-0.2, 0) is 0 Å². The van der Waals surface area contributed by atoms with Gasteiger partial charge in [-0.2, -0.15) is 0 Å². The van der Waals surface area contributed by atoms with Gasteiger partial charge in [0.2, 0.25) is 0 Å². The summed E-state index contributed by atoms with van der Waals surface area (Å²) in [6.07, 6.45) is -2.03. The highest BCUT2D eigenvalue weighted by Crippen LogP contribution is 2.19. The van der Waals surface area contributed by atoms with Crippen LogP contribution in [0.1, 0.15) is 22.0 Å². The van der Waals surface area contributed by atoms with E-state index in [4.69, 9.17) is 11.6 Å².